The van der Waals surface area contributed by atoms with Gasteiger partial charge in [-0.3, -0.25) is 0 Å². The van der Waals surface area contributed by atoms with E-state index in [1.54, 1.807) is 4.52 Å². The van der Waals surface area contributed by atoms with Crippen LogP contribution in [0.4, 0.5) is 4.79 Å². The maximum atomic E-state index is 11.2. The zero-order valence-corrected chi connectivity index (χ0v) is 19.2. The van der Waals surface area contributed by atoms with E-state index in [2.05, 4.69) is 10.2 Å². The third-order valence-electron chi connectivity index (χ3n) is 6.10. The molecular weight excluding hydrogens is 461 g/mol. The van der Waals surface area contributed by atoms with Gasteiger partial charge < -0.3 is 10.0 Å². The van der Waals surface area contributed by atoms with E-state index in [9.17, 15) is 9.90 Å². The van der Waals surface area contributed by atoms with E-state index in [0.717, 1.165) is 41.1 Å². The minimum Gasteiger partial charge on any atom is -0.465 e. The van der Waals surface area contributed by atoms with Crippen molar-refractivity contribution >= 4 is 34.9 Å². The van der Waals surface area contributed by atoms with Gasteiger partial charge in [-0.25, -0.2) is 4.79 Å². The van der Waals surface area contributed by atoms with Crippen LogP contribution in [0.25, 0.3) is 28.0 Å². The van der Waals surface area contributed by atoms with E-state index < -0.39 is 6.09 Å². The lowest BCUT2D eigenvalue weighted by atomic mass is 9.93. The van der Waals surface area contributed by atoms with E-state index in [1.807, 2.05) is 54.6 Å². The molecule has 1 amide bonds. The quantitative estimate of drug-likeness (QED) is 0.404. The van der Waals surface area contributed by atoms with Crippen LogP contribution in [0.1, 0.15) is 18.7 Å². The van der Waals surface area contributed by atoms with Crippen LogP contribution in [0, 0.1) is 5.92 Å². The largest absolute Gasteiger partial charge is 0.465 e. The lowest BCUT2D eigenvalue weighted by Crippen LogP contribution is -2.38. The highest BCUT2D eigenvalue weighted by molar-refractivity contribution is 6.33. The molecule has 0 saturated carbocycles. The second kappa shape index (κ2) is 9.00. The minimum absolute atomic E-state index is 0.328. The molecule has 33 heavy (non-hydrogen) atoms. The molecule has 1 aliphatic rings. The van der Waals surface area contributed by atoms with Gasteiger partial charge in [0, 0.05) is 35.7 Å². The summed E-state index contributed by atoms with van der Waals surface area (Å²) in [6, 6.07) is 17.2. The number of benzene rings is 2. The van der Waals surface area contributed by atoms with E-state index in [-0.39, 0.29) is 0 Å². The van der Waals surface area contributed by atoms with Crippen LogP contribution in [-0.2, 0) is 6.42 Å². The van der Waals surface area contributed by atoms with E-state index >= 15 is 0 Å². The highest BCUT2D eigenvalue weighted by Gasteiger charge is 2.25. The third kappa shape index (κ3) is 4.38. The first-order valence-corrected chi connectivity index (χ1v) is 11.5. The fraction of sp³-hybridized carbons (Fsp3) is 0.250. The van der Waals surface area contributed by atoms with E-state index in [0.29, 0.717) is 41.1 Å². The lowest BCUT2D eigenvalue weighted by molar-refractivity contribution is 0.124. The molecule has 9 heteroatoms. The topological polar surface area (TPSA) is 83.6 Å². The first-order valence-electron chi connectivity index (χ1n) is 10.7. The van der Waals surface area contributed by atoms with Gasteiger partial charge in [-0.05, 0) is 48.6 Å². The highest BCUT2D eigenvalue weighted by atomic mass is 35.5. The molecule has 0 bridgehead atoms. The number of fused-ring (bicyclic) bond motifs is 1. The van der Waals surface area contributed by atoms with Crippen molar-refractivity contribution in [3.05, 3.63) is 70.5 Å². The van der Waals surface area contributed by atoms with Crippen LogP contribution in [0.2, 0.25) is 10.0 Å². The van der Waals surface area contributed by atoms with Gasteiger partial charge in [-0.1, -0.05) is 53.5 Å². The van der Waals surface area contributed by atoms with Crippen LogP contribution in [0.15, 0.2) is 54.6 Å². The van der Waals surface area contributed by atoms with Crippen molar-refractivity contribution < 1.29 is 9.90 Å². The molecule has 2 aromatic heterocycles. The Bertz CT molecular complexity index is 1310. The predicted octanol–water partition coefficient (Wildman–Crippen LogP) is 5.70. The molecule has 0 radical (unpaired) electrons. The zero-order chi connectivity index (χ0) is 22.9. The maximum absolute atomic E-state index is 11.2. The number of amides is 1. The zero-order valence-electron chi connectivity index (χ0n) is 17.7. The Morgan fingerprint density at radius 2 is 1.73 bits per heavy atom. The van der Waals surface area contributed by atoms with Crippen LogP contribution in [-0.4, -0.2) is 49.0 Å². The number of hydrogen-bond donors (Lipinski definition) is 1. The number of rotatable bonds is 4. The molecule has 0 atom stereocenters. The summed E-state index contributed by atoms with van der Waals surface area (Å²) < 4.78 is 1.78. The summed E-state index contributed by atoms with van der Waals surface area (Å²) in [4.78, 5) is 12.7. The fourth-order valence-electron chi connectivity index (χ4n) is 4.29. The number of piperidine rings is 1. The van der Waals surface area contributed by atoms with Gasteiger partial charge >= 0.3 is 6.09 Å². The number of likely N-dealkylation sites (tertiary alicyclic amines) is 1. The Hall–Kier alpha value is -3.16. The van der Waals surface area contributed by atoms with Gasteiger partial charge in [0.25, 0.3) is 0 Å². The first-order chi connectivity index (χ1) is 16.0. The van der Waals surface area contributed by atoms with E-state index in [4.69, 9.17) is 28.3 Å². The number of carbonyl (C=O) groups is 1. The lowest BCUT2D eigenvalue weighted by Gasteiger charge is -2.29. The molecule has 0 spiro atoms. The molecule has 3 heterocycles. The van der Waals surface area contributed by atoms with Crippen LogP contribution in [0.3, 0.4) is 0 Å². The van der Waals surface area contributed by atoms with Gasteiger partial charge in [-0.2, -0.15) is 9.61 Å². The summed E-state index contributed by atoms with van der Waals surface area (Å²) in [7, 11) is 0. The summed E-state index contributed by atoms with van der Waals surface area (Å²) in [5, 5.41) is 24.2. The van der Waals surface area contributed by atoms with Crippen molar-refractivity contribution in [2.45, 2.75) is 19.3 Å². The normalized spacial score (nSPS) is 14.7. The molecule has 2 aromatic carbocycles. The Balaban J connectivity index is 1.55. The van der Waals surface area contributed by atoms with Crippen molar-refractivity contribution in [3.8, 4) is 22.4 Å². The Morgan fingerprint density at radius 3 is 2.42 bits per heavy atom. The maximum Gasteiger partial charge on any atom is 0.407 e. The first kappa shape index (κ1) is 21.7. The Kier molecular flexibility index (Phi) is 5.91. The minimum atomic E-state index is -0.859. The van der Waals surface area contributed by atoms with Crippen molar-refractivity contribution in [2.75, 3.05) is 13.1 Å². The monoisotopic (exact) mass is 481 g/mol. The van der Waals surface area contributed by atoms with Crippen LogP contribution < -0.4 is 0 Å². The number of aromatic nitrogens is 4. The van der Waals surface area contributed by atoms with Crippen LogP contribution in [0.5, 0.6) is 0 Å². The molecular formula is C24H21Cl2N5O2. The van der Waals surface area contributed by atoms with Crippen molar-refractivity contribution in [1.82, 2.24) is 24.7 Å². The number of hydrogen-bond acceptors (Lipinski definition) is 4. The summed E-state index contributed by atoms with van der Waals surface area (Å²) in [6.45, 7) is 1.07. The average Bonchev–Trinajstić information content (AvgIpc) is 3.21. The summed E-state index contributed by atoms with van der Waals surface area (Å²) in [5.41, 5.74) is 4.04. The molecule has 1 N–H and O–H groups in total. The van der Waals surface area contributed by atoms with Gasteiger partial charge in [0.2, 0.25) is 0 Å². The van der Waals surface area contributed by atoms with Gasteiger partial charge in [0.05, 0.1) is 5.02 Å². The highest BCUT2D eigenvalue weighted by Crippen LogP contribution is 2.35. The molecule has 0 aliphatic carbocycles. The molecule has 1 aliphatic heterocycles. The second-order valence-corrected chi connectivity index (χ2v) is 9.04. The number of carboxylic acid groups (broad SMARTS) is 1. The summed E-state index contributed by atoms with van der Waals surface area (Å²) >= 11 is 12.6. The molecule has 0 unspecified atom stereocenters. The number of halogens is 2. The Morgan fingerprint density at radius 1 is 1.00 bits per heavy atom. The molecule has 4 aromatic rings. The second-order valence-electron chi connectivity index (χ2n) is 8.20. The number of nitrogens with zero attached hydrogens (tertiary/aromatic N) is 5. The standard InChI is InChI=1S/C24H21Cl2N5O2/c25-17-7-5-16(6-8-17)19-14-22-28-27-21(13-15-9-11-30(12-10-15)24(32)33)31(22)29-23(19)18-3-1-2-4-20(18)26/h1-8,14-15H,9-13H2,(H,32,33). The van der Waals surface area contributed by atoms with Crippen molar-refractivity contribution in [3.63, 3.8) is 0 Å². The molecule has 7 nitrogen and oxygen atoms in total. The summed E-state index contributed by atoms with van der Waals surface area (Å²) in [5.74, 6) is 1.09. The van der Waals surface area contributed by atoms with Crippen LogP contribution >= 0.6 is 23.2 Å². The molecule has 1 fully saturated rings. The molecule has 1 saturated heterocycles. The smallest absolute Gasteiger partial charge is 0.407 e. The van der Waals surface area contributed by atoms with Gasteiger partial charge in [0.15, 0.2) is 11.5 Å². The van der Waals surface area contributed by atoms with Crippen molar-refractivity contribution in [2.24, 2.45) is 5.92 Å². The van der Waals surface area contributed by atoms with Gasteiger partial charge in [-0.15, -0.1) is 10.2 Å². The summed E-state index contributed by atoms with van der Waals surface area (Å²) in [6.07, 6.45) is 1.41. The van der Waals surface area contributed by atoms with Gasteiger partial charge in [0.1, 0.15) is 5.69 Å². The van der Waals surface area contributed by atoms with Crippen molar-refractivity contribution in [1.29, 1.82) is 0 Å². The SMILES string of the molecule is O=C(O)N1CCC(Cc2nnc3cc(-c4ccc(Cl)cc4)c(-c4ccccc4Cl)nn23)CC1. The van der Waals surface area contributed by atoms with E-state index in [1.165, 1.54) is 4.90 Å². The Labute approximate surface area is 200 Å². The third-order valence-corrected chi connectivity index (χ3v) is 6.68. The predicted molar refractivity (Wildman–Crippen MR) is 128 cm³/mol. The fourth-order valence-corrected chi connectivity index (χ4v) is 4.64. The molecule has 168 valence electrons. The molecule has 5 rings (SSSR count). The average molecular weight is 482 g/mol.